The number of nitrogens with zero attached hydrogens (tertiary/aromatic N) is 1. The quantitative estimate of drug-likeness (QED) is 0.526. The maximum absolute atomic E-state index is 10.9. The molecule has 0 aromatic carbocycles. The minimum Gasteiger partial charge on any atom is -0.368 e. The van der Waals surface area contributed by atoms with Gasteiger partial charge in [0.2, 0.25) is 5.91 Å². The van der Waals surface area contributed by atoms with Crippen molar-refractivity contribution in [2.45, 2.75) is 12.5 Å². The van der Waals surface area contributed by atoms with Crippen molar-refractivity contribution in [1.29, 1.82) is 0 Å². The number of hydrogen-bond donors (Lipinski definition) is 2. The number of nitrogens with two attached hydrogens (primary N) is 2. The molecule has 1 saturated heterocycles. The van der Waals surface area contributed by atoms with Gasteiger partial charge in [0.15, 0.2) is 0 Å². The first-order valence-electron chi connectivity index (χ1n) is 3.86. The SMILES string of the molecule is CN1CCC(CN)C1C(N)=O. The lowest BCUT2D eigenvalue weighted by Gasteiger charge is -2.20. The van der Waals surface area contributed by atoms with Crippen LogP contribution in [0.15, 0.2) is 0 Å². The second kappa shape index (κ2) is 3.19. The van der Waals surface area contributed by atoms with Crippen LogP contribution >= 0.6 is 0 Å². The van der Waals surface area contributed by atoms with E-state index in [-0.39, 0.29) is 17.9 Å². The molecule has 4 N–H and O–H groups in total. The zero-order valence-electron chi connectivity index (χ0n) is 6.79. The Balaban J connectivity index is 2.63. The summed E-state index contributed by atoms with van der Waals surface area (Å²) in [6.07, 6.45) is 0.987. The fourth-order valence-corrected chi connectivity index (χ4v) is 1.72. The molecule has 1 rings (SSSR count). The average molecular weight is 157 g/mol. The van der Waals surface area contributed by atoms with Gasteiger partial charge in [-0.15, -0.1) is 0 Å². The highest BCUT2D eigenvalue weighted by atomic mass is 16.1. The summed E-state index contributed by atoms with van der Waals surface area (Å²) in [7, 11) is 1.91. The van der Waals surface area contributed by atoms with Crippen LogP contribution in [0.1, 0.15) is 6.42 Å². The number of amides is 1. The van der Waals surface area contributed by atoms with Gasteiger partial charge in [-0.1, -0.05) is 0 Å². The molecule has 1 amide bonds. The van der Waals surface area contributed by atoms with Crippen LogP contribution in [0.2, 0.25) is 0 Å². The van der Waals surface area contributed by atoms with Crippen molar-refractivity contribution in [2.24, 2.45) is 17.4 Å². The number of carbonyl (C=O) groups excluding carboxylic acids is 1. The molecular weight excluding hydrogens is 142 g/mol. The number of carbonyl (C=O) groups is 1. The lowest BCUT2D eigenvalue weighted by atomic mass is 10.0. The summed E-state index contributed by atoms with van der Waals surface area (Å²) in [6, 6.07) is -0.139. The molecule has 0 radical (unpaired) electrons. The maximum atomic E-state index is 10.9. The molecule has 4 heteroatoms. The van der Waals surface area contributed by atoms with Crippen molar-refractivity contribution >= 4 is 5.91 Å². The van der Waals surface area contributed by atoms with Gasteiger partial charge < -0.3 is 11.5 Å². The largest absolute Gasteiger partial charge is 0.368 e. The zero-order valence-corrected chi connectivity index (χ0v) is 6.79. The number of likely N-dealkylation sites (tertiary alicyclic amines) is 1. The molecule has 1 heterocycles. The van der Waals surface area contributed by atoms with Crippen LogP contribution in [0, 0.1) is 5.92 Å². The van der Waals surface area contributed by atoms with Gasteiger partial charge in [-0.2, -0.15) is 0 Å². The molecule has 0 aromatic rings. The Morgan fingerprint density at radius 3 is 2.73 bits per heavy atom. The molecule has 64 valence electrons. The van der Waals surface area contributed by atoms with Crippen LogP contribution in [0.25, 0.3) is 0 Å². The normalized spacial score (nSPS) is 32.5. The predicted molar refractivity (Wildman–Crippen MR) is 42.8 cm³/mol. The highest BCUT2D eigenvalue weighted by Gasteiger charge is 2.34. The van der Waals surface area contributed by atoms with Gasteiger partial charge in [0.1, 0.15) is 0 Å². The van der Waals surface area contributed by atoms with E-state index in [9.17, 15) is 4.79 Å². The van der Waals surface area contributed by atoms with Crippen molar-refractivity contribution in [3.63, 3.8) is 0 Å². The first kappa shape index (κ1) is 8.49. The monoisotopic (exact) mass is 157 g/mol. The van der Waals surface area contributed by atoms with Crippen molar-refractivity contribution < 1.29 is 4.79 Å². The lowest BCUT2D eigenvalue weighted by molar-refractivity contribution is -0.122. The van der Waals surface area contributed by atoms with Crippen LogP contribution in [-0.4, -0.2) is 37.0 Å². The molecule has 4 nitrogen and oxygen atoms in total. The molecule has 0 aromatic heterocycles. The van der Waals surface area contributed by atoms with Crippen LogP contribution < -0.4 is 11.5 Å². The van der Waals surface area contributed by atoms with Crippen molar-refractivity contribution in [3.05, 3.63) is 0 Å². The Kier molecular flexibility index (Phi) is 2.46. The van der Waals surface area contributed by atoms with Crippen LogP contribution in [0.3, 0.4) is 0 Å². The molecule has 1 aliphatic rings. The van der Waals surface area contributed by atoms with E-state index in [1.165, 1.54) is 0 Å². The van der Waals surface area contributed by atoms with Gasteiger partial charge in [0.05, 0.1) is 6.04 Å². The summed E-state index contributed by atoms with van der Waals surface area (Å²) >= 11 is 0. The number of hydrogen-bond acceptors (Lipinski definition) is 3. The third kappa shape index (κ3) is 1.52. The van der Waals surface area contributed by atoms with Gasteiger partial charge in [0.25, 0.3) is 0 Å². The van der Waals surface area contributed by atoms with Crippen LogP contribution in [0.4, 0.5) is 0 Å². The molecule has 1 aliphatic heterocycles. The molecule has 0 bridgehead atoms. The van der Waals surface area contributed by atoms with E-state index < -0.39 is 0 Å². The van der Waals surface area contributed by atoms with E-state index in [2.05, 4.69) is 0 Å². The average Bonchev–Trinajstić information content (AvgIpc) is 2.30. The molecule has 0 aliphatic carbocycles. The second-order valence-corrected chi connectivity index (χ2v) is 3.11. The Morgan fingerprint density at radius 1 is 1.73 bits per heavy atom. The van der Waals surface area contributed by atoms with Crippen LogP contribution in [0.5, 0.6) is 0 Å². The molecule has 1 fully saturated rings. The smallest absolute Gasteiger partial charge is 0.235 e. The van der Waals surface area contributed by atoms with E-state index in [1.54, 1.807) is 0 Å². The summed E-state index contributed by atoms with van der Waals surface area (Å²) in [6.45, 7) is 1.48. The van der Waals surface area contributed by atoms with Crippen molar-refractivity contribution in [1.82, 2.24) is 4.90 Å². The van der Waals surface area contributed by atoms with Gasteiger partial charge in [-0.05, 0) is 32.5 Å². The standard InChI is InChI=1S/C7H15N3O/c1-10-3-2-5(4-8)6(10)7(9)11/h5-6H,2-4,8H2,1H3,(H2,9,11). The summed E-state index contributed by atoms with van der Waals surface area (Å²) < 4.78 is 0. The third-order valence-electron chi connectivity index (χ3n) is 2.37. The van der Waals surface area contributed by atoms with Crippen LogP contribution in [-0.2, 0) is 4.79 Å². The molecule has 0 spiro atoms. The molecule has 2 unspecified atom stereocenters. The summed E-state index contributed by atoms with van der Waals surface area (Å²) in [5.41, 5.74) is 10.7. The summed E-state index contributed by atoms with van der Waals surface area (Å²) in [5, 5.41) is 0. The summed E-state index contributed by atoms with van der Waals surface area (Å²) in [4.78, 5) is 12.9. The van der Waals surface area contributed by atoms with Gasteiger partial charge in [-0.3, -0.25) is 9.69 Å². The maximum Gasteiger partial charge on any atom is 0.235 e. The fraction of sp³-hybridized carbons (Fsp3) is 0.857. The Bertz CT molecular complexity index is 160. The first-order valence-corrected chi connectivity index (χ1v) is 3.86. The Morgan fingerprint density at radius 2 is 2.36 bits per heavy atom. The van der Waals surface area contributed by atoms with E-state index in [1.807, 2.05) is 11.9 Å². The highest BCUT2D eigenvalue weighted by Crippen LogP contribution is 2.20. The van der Waals surface area contributed by atoms with E-state index >= 15 is 0 Å². The Hall–Kier alpha value is -0.610. The van der Waals surface area contributed by atoms with Gasteiger partial charge in [0, 0.05) is 0 Å². The molecular formula is C7H15N3O. The fourth-order valence-electron chi connectivity index (χ4n) is 1.72. The number of likely N-dealkylation sites (N-methyl/N-ethyl adjacent to an activating group) is 1. The minimum absolute atomic E-state index is 0.139. The van der Waals surface area contributed by atoms with Gasteiger partial charge >= 0.3 is 0 Å². The zero-order chi connectivity index (χ0) is 8.43. The topological polar surface area (TPSA) is 72.3 Å². The number of primary amides is 1. The van der Waals surface area contributed by atoms with Crippen molar-refractivity contribution in [3.8, 4) is 0 Å². The molecule has 11 heavy (non-hydrogen) atoms. The molecule has 0 saturated carbocycles. The van der Waals surface area contributed by atoms with Gasteiger partial charge in [-0.25, -0.2) is 0 Å². The van der Waals surface area contributed by atoms with E-state index in [4.69, 9.17) is 11.5 Å². The Labute approximate surface area is 66.5 Å². The molecule has 2 atom stereocenters. The predicted octanol–water partition coefficient (Wildman–Crippen LogP) is -1.25. The number of rotatable bonds is 2. The van der Waals surface area contributed by atoms with Crippen molar-refractivity contribution in [2.75, 3.05) is 20.1 Å². The highest BCUT2D eigenvalue weighted by molar-refractivity contribution is 5.80. The van der Waals surface area contributed by atoms with E-state index in [0.29, 0.717) is 6.54 Å². The minimum atomic E-state index is -0.250. The van der Waals surface area contributed by atoms with E-state index in [0.717, 1.165) is 13.0 Å². The third-order valence-corrected chi connectivity index (χ3v) is 2.37. The lowest BCUT2D eigenvalue weighted by Crippen LogP contribution is -2.43. The summed E-state index contributed by atoms with van der Waals surface area (Å²) in [5.74, 6) is 0.0120. The first-order chi connectivity index (χ1) is 5.16. The second-order valence-electron chi connectivity index (χ2n) is 3.11.